The minimum absolute atomic E-state index is 0.108. The smallest absolute Gasteiger partial charge is 0.260 e. The molecule has 0 unspecified atom stereocenters. The van der Waals surface area contributed by atoms with E-state index in [-0.39, 0.29) is 5.56 Å². The zero-order chi connectivity index (χ0) is 22.8. The van der Waals surface area contributed by atoms with Crippen molar-refractivity contribution in [2.24, 2.45) is 0 Å². The normalized spacial score (nSPS) is 14.5. The van der Waals surface area contributed by atoms with Gasteiger partial charge in [-0.05, 0) is 43.5 Å². The Labute approximate surface area is 197 Å². The van der Waals surface area contributed by atoms with E-state index in [1.54, 1.807) is 23.2 Å². The van der Waals surface area contributed by atoms with Crippen LogP contribution < -0.4 is 10.9 Å². The molecule has 33 heavy (non-hydrogen) atoms. The van der Waals surface area contributed by atoms with Crippen LogP contribution in [0.1, 0.15) is 39.0 Å². The molecule has 0 bridgehead atoms. The predicted molar refractivity (Wildman–Crippen MR) is 134 cm³/mol. The van der Waals surface area contributed by atoms with E-state index in [2.05, 4.69) is 15.3 Å². The lowest BCUT2D eigenvalue weighted by atomic mass is 9.96. The van der Waals surface area contributed by atoms with Crippen LogP contribution in [0.5, 0.6) is 0 Å². The number of rotatable bonds is 5. The monoisotopic (exact) mass is 459 g/mol. The minimum Gasteiger partial charge on any atom is -0.351 e. The van der Waals surface area contributed by atoms with Gasteiger partial charge in [0.05, 0.1) is 0 Å². The number of nitrogens with zero attached hydrogens (tertiary/aromatic N) is 4. The number of hydrogen-bond donors (Lipinski definition) is 1. The van der Waals surface area contributed by atoms with Gasteiger partial charge in [0.2, 0.25) is 5.95 Å². The van der Waals surface area contributed by atoms with Gasteiger partial charge in [0, 0.05) is 58.3 Å². The summed E-state index contributed by atoms with van der Waals surface area (Å²) in [6.45, 7) is 2.46. The van der Waals surface area contributed by atoms with Gasteiger partial charge < -0.3 is 5.32 Å². The van der Waals surface area contributed by atoms with Crippen molar-refractivity contribution in [3.05, 3.63) is 70.4 Å². The molecule has 6 nitrogen and oxygen atoms in total. The number of anilines is 1. The van der Waals surface area contributed by atoms with Gasteiger partial charge in [0.25, 0.3) is 5.56 Å². The zero-order valence-corrected chi connectivity index (χ0v) is 19.3. The van der Waals surface area contributed by atoms with E-state index in [9.17, 15) is 4.79 Å². The lowest BCUT2D eigenvalue weighted by molar-refractivity contribution is 0.461. The highest BCUT2D eigenvalue weighted by molar-refractivity contribution is 6.33. The van der Waals surface area contributed by atoms with Crippen molar-refractivity contribution in [2.75, 3.05) is 5.32 Å². The highest BCUT2D eigenvalue weighted by atomic mass is 35.5. The first kappa shape index (κ1) is 21.6. The minimum atomic E-state index is -0.108. The van der Waals surface area contributed by atoms with Gasteiger partial charge in [-0.15, -0.1) is 0 Å². The average Bonchev–Trinajstić information content (AvgIpc) is 2.85. The third kappa shape index (κ3) is 4.35. The molecule has 5 rings (SSSR count). The fraction of sp³-hybridized carbons (Fsp3) is 0.308. The summed E-state index contributed by atoms with van der Waals surface area (Å²) in [4.78, 5) is 26.9. The lowest BCUT2D eigenvalue weighted by Gasteiger charge is -2.23. The van der Waals surface area contributed by atoms with Crippen molar-refractivity contribution < 1.29 is 0 Å². The Morgan fingerprint density at radius 3 is 2.64 bits per heavy atom. The second kappa shape index (κ2) is 9.32. The van der Waals surface area contributed by atoms with Crippen LogP contribution in [0.25, 0.3) is 33.3 Å². The Morgan fingerprint density at radius 1 is 1.06 bits per heavy atom. The maximum absolute atomic E-state index is 13.4. The third-order valence-corrected chi connectivity index (χ3v) is 6.65. The standard InChI is InChI=1S/C26H26ClN5O/c1-2-32-24-19(16-29-26(31-24)30-20-8-4-3-5-9-20)13-22(25(32)33)21-11-10-17(14-23(21)27)18-7-6-12-28-15-18/h6-7,10-16,20H,2-5,8-9H2,1H3,(H,29,30,31). The molecular weight excluding hydrogens is 434 g/mol. The predicted octanol–water partition coefficient (Wildman–Crippen LogP) is 5.94. The molecule has 1 saturated carbocycles. The van der Waals surface area contributed by atoms with Crippen LogP contribution in [0.15, 0.2) is 59.8 Å². The maximum Gasteiger partial charge on any atom is 0.260 e. The van der Waals surface area contributed by atoms with Crippen molar-refractivity contribution in [3.63, 3.8) is 0 Å². The van der Waals surface area contributed by atoms with Crippen molar-refractivity contribution in [3.8, 4) is 22.3 Å². The summed E-state index contributed by atoms with van der Waals surface area (Å²) in [7, 11) is 0. The highest BCUT2D eigenvalue weighted by Crippen LogP contribution is 2.32. The number of aromatic nitrogens is 4. The molecule has 1 aliphatic rings. The molecule has 168 valence electrons. The Bertz CT molecular complexity index is 1350. The number of fused-ring (bicyclic) bond motifs is 1. The van der Waals surface area contributed by atoms with Crippen LogP contribution in [0.2, 0.25) is 5.02 Å². The van der Waals surface area contributed by atoms with E-state index in [0.29, 0.717) is 40.3 Å². The van der Waals surface area contributed by atoms with Gasteiger partial charge in [0.1, 0.15) is 5.65 Å². The summed E-state index contributed by atoms with van der Waals surface area (Å²) in [6.07, 6.45) is 11.3. The van der Waals surface area contributed by atoms with Crippen molar-refractivity contribution in [1.82, 2.24) is 19.5 Å². The topological polar surface area (TPSA) is 72.7 Å². The summed E-state index contributed by atoms with van der Waals surface area (Å²) in [5.41, 5.74) is 3.70. The molecule has 4 aromatic rings. The quantitative estimate of drug-likeness (QED) is 0.400. The second-order valence-corrected chi connectivity index (χ2v) is 8.90. The average molecular weight is 460 g/mol. The summed E-state index contributed by atoms with van der Waals surface area (Å²) in [6, 6.07) is 11.8. The van der Waals surface area contributed by atoms with E-state index >= 15 is 0 Å². The second-order valence-electron chi connectivity index (χ2n) is 8.50. The van der Waals surface area contributed by atoms with Gasteiger partial charge in [0.15, 0.2) is 0 Å². The number of hydrogen-bond acceptors (Lipinski definition) is 5. The highest BCUT2D eigenvalue weighted by Gasteiger charge is 2.17. The van der Waals surface area contributed by atoms with Crippen LogP contribution in [-0.2, 0) is 6.54 Å². The van der Waals surface area contributed by atoms with Crippen molar-refractivity contribution in [2.45, 2.75) is 51.6 Å². The van der Waals surface area contributed by atoms with Gasteiger partial charge in [-0.1, -0.05) is 49.1 Å². The number of aryl methyl sites for hydroxylation is 1. The van der Waals surface area contributed by atoms with Crippen LogP contribution in [0, 0.1) is 0 Å². The molecule has 7 heteroatoms. The first-order valence-corrected chi connectivity index (χ1v) is 11.9. The fourth-order valence-corrected chi connectivity index (χ4v) is 4.87. The van der Waals surface area contributed by atoms with Crippen LogP contribution in [0.4, 0.5) is 5.95 Å². The Balaban J connectivity index is 1.54. The van der Waals surface area contributed by atoms with E-state index < -0.39 is 0 Å². The van der Waals surface area contributed by atoms with Crippen molar-refractivity contribution in [1.29, 1.82) is 0 Å². The lowest BCUT2D eigenvalue weighted by Crippen LogP contribution is -2.25. The number of benzene rings is 1. The number of nitrogens with one attached hydrogen (secondary N) is 1. The molecule has 1 aromatic carbocycles. The molecule has 3 aromatic heterocycles. The zero-order valence-electron chi connectivity index (χ0n) is 18.6. The molecule has 3 heterocycles. The van der Waals surface area contributed by atoms with Crippen molar-refractivity contribution >= 4 is 28.6 Å². The third-order valence-electron chi connectivity index (χ3n) is 6.34. The van der Waals surface area contributed by atoms with Gasteiger partial charge in [-0.2, -0.15) is 4.98 Å². The number of pyridine rings is 2. The molecule has 0 amide bonds. The molecule has 1 fully saturated rings. The Hall–Kier alpha value is -3.25. The molecule has 1 N–H and O–H groups in total. The Morgan fingerprint density at radius 2 is 1.91 bits per heavy atom. The summed E-state index contributed by atoms with van der Waals surface area (Å²) >= 11 is 6.66. The molecular formula is C26H26ClN5O. The number of halogens is 1. The van der Waals surface area contributed by atoms with E-state index in [1.165, 1.54) is 19.3 Å². The molecule has 0 spiro atoms. The van der Waals surface area contributed by atoms with Gasteiger partial charge in [-0.3, -0.25) is 14.3 Å². The SMILES string of the molecule is CCn1c(=O)c(-c2ccc(-c3cccnc3)cc2Cl)cc2cnc(NC3CCCCC3)nc21. The van der Waals surface area contributed by atoms with E-state index in [0.717, 1.165) is 29.4 Å². The largest absolute Gasteiger partial charge is 0.351 e. The van der Waals surface area contributed by atoms with E-state index in [4.69, 9.17) is 16.6 Å². The van der Waals surface area contributed by atoms with Gasteiger partial charge >= 0.3 is 0 Å². The summed E-state index contributed by atoms with van der Waals surface area (Å²) in [5, 5.41) is 4.79. The Kier molecular flexibility index (Phi) is 6.09. The summed E-state index contributed by atoms with van der Waals surface area (Å²) in [5.74, 6) is 0.586. The van der Waals surface area contributed by atoms with Crippen LogP contribution in [-0.4, -0.2) is 25.6 Å². The van der Waals surface area contributed by atoms with Crippen LogP contribution in [0.3, 0.4) is 0 Å². The molecule has 0 atom stereocenters. The molecule has 0 saturated heterocycles. The maximum atomic E-state index is 13.4. The van der Waals surface area contributed by atoms with Gasteiger partial charge in [-0.25, -0.2) is 4.98 Å². The van der Waals surface area contributed by atoms with Crippen LogP contribution >= 0.6 is 11.6 Å². The molecule has 0 aliphatic heterocycles. The van der Waals surface area contributed by atoms with E-state index in [1.807, 2.05) is 43.3 Å². The summed E-state index contributed by atoms with van der Waals surface area (Å²) < 4.78 is 1.70. The fourth-order valence-electron chi connectivity index (χ4n) is 4.59. The molecule has 1 aliphatic carbocycles. The first-order chi connectivity index (χ1) is 16.1. The molecule has 0 radical (unpaired) electrons. The first-order valence-electron chi connectivity index (χ1n) is 11.5.